The van der Waals surface area contributed by atoms with Gasteiger partial charge in [0.15, 0.2) is 0 Å². The largest absolute Gasteiger partial charge is 0.397 e. The molecule has 2 N–H and O–H groups in total. The number of nitrogen functional groups attached to an aromatic ring is 1. The van der Waals surface area contributed by atoms with E-state index in [0.717, 1.165) is 0 Å². The first kappa shape index (κ1) is 8.74. The Morgan fingerprint density at radius 2 is 1.71 bits per heavy atom. The minimum Gasteiger partial charge on any atom is -0.397 e. The molecule has 0 amide bonds. The van der Waals surface area contributed by atoms with Crippen molar-refractivity contribution >= 4 is 5.69 Å². The molecule has 0 bridgehead atoms. The Morgan fingerprint density at radius 3 is 2.21 bits per heavy atom. The van der Waals surface area contributed by atoms with Crippen LogP contribution in [0.1, 0.15) is 0 Å². The van der Waals surface area contributed by atoms with Crippen LogP contribution in [-0.4, -0.2) is 4.57 Å². The molecule has 4 heteroatoms. The van der Waals surface area contributed by atoms with Crippen molar-refractivity contribution in [3.8, 4) is 5.69 Å². The van der Waals surface area contributed by atoms with Crippen LogP contribution in [-0.2, 0) is 0 Å². The number of anilines is 1. The zero-order valence-electron chi connectivity index (χ0n) is 7.24. The van der Waals surface area contributed by atoms with Crippen molar-refractivity contribution in [3.63, 3.8) is 0 Å². The molecule has 14 heavy (non-hydrogen) atoms. The number of rotatable bonds is 1. The molecule has 0 aliphatic heterocycles. The molecule has 1 aromatic heterocycles. The van der Waals surface area contributed by atoms with Crippen molar-refractivity contribution in [2.45, 2.75) is 0 Å². The topological polar surface area (TPSA) is 30.9 Å². The predicted molar refractivity (Wildman–Crippen MR) is 50.1 cm³/mol. The number of nitrogens with zero attached hydrogens (tertiary/aromatic N) is 1. The fourth-order valence-electron chi connectivity index (χ4n) is 1.29. The maximum Gasteiger partial charge on any atom is 0.150 e. The van der Waals surface area contributed by atoms with E-state index in [1.807, 2.05) is 0 Å². The maximum absolute atomic E-state index is 13.2. The lowest BCUT2D eigenvalue weighted by atomic mass is 10.3. The molecule has 0 atom stereocenters. The highest BCUT2D eigenvalue weighted by Crippen LogP contribution is 2.18. The van der Waals surface area contributed by atoms with Crippen LogP contribution in [0, 0.1) is 11.6 Å². The van der Waals surface area contributed by atoms with Crippen LogP contribution >= 0.6 is 0 Å². The van der Waals surface area contributed by atoms with Crippen LogP contribution in [0.3, 0.4) is 0 Å². The highest BCUT2D eigenvalue weighted by molar-refractivity contribution is 5.43. The van der Waals surface area contributed by atoms with E-state index in [2.05, 4.69) is 0 Å². The molecule has 2 aromatic rings. The molecule has 0 fully saturated rings. The first-order chi connectivity index (χ1) is 6.68. The summed E-state index contributed by atoms with van der Waals surface area (Å²) in [4.78, 5) is 0. The number of nitrogens with two attached hydrogens (primary N) is 1. The van der Waals surface area contributed by atoms with Crippen LogP contribution in [0.15, 0.2) is 36.7 Å². The quantitative estimate of drug-likeness (QED) is 0.742. The number of halogens is 2. The normalized spacial score (nSPS) is 10.4. The van der Waals surface area contributed by atoms with Crippen LogP contribution in [0.4, 0.5) is 14.5 Å². The lowest BCUT2D eigenvalue weighted by molar-refractivity contribution is 0.569. The molecule has 0 aliphatic rings. The van der Waals surface area contributed by atoms with Gasteiger partial charge in [-0.15, -0.1) is 0 Å². The van der Waals surface area contributed by atoms with Crippen LogP contribution in [0.2, 0.25) is 0 Å². The fraction of sp³-hybridized carbons (Fsp3) is 0. The summed E-state index contributed by atoms with van der Waals surface area (Å²) in [6.07, 6.45) is 2.97. The zero-order chi connectivity index (χ0) is 10.1. The Morgan fingerprint density at radius 1 is 1.07 bits per heavy atom. The van der Waals surface area contributed by atoms with E-state index in [0.29, 0.717) is 5.69 Å². The number of hydrogen-bond acceptors (Lipinski definition) is 1. The molecular weight excluding hydrogens is 186 g/mol. The second-order valence-electron chi connectivity index (χ2n) is 2.92. The Kier molecular flexibility index (Phi) is 1.96. The third kappa shape index (κ3) is 1.35. The van der Waals surface area contributed by atoms with Crippen molar-refractivity contribution in [3.05, 3.63) is 48.3 Å². The Bertz CT molecular complexity index is 443. The first-order valence-electron chi connectivity index (χ1n) is 4.06. The number of benzene rings is 1. The third-order valence-electron chi connectivity index (χ3n) is 1.91. The van der Waals surface area contributed by atoms with Gasteiger partial charge in [0.1, 0.15) is 17.3 Å². The summed E-state index contributed by atoms with van der Waals surface area (Å²) in [7, 11) is 0. The first-order valence-corrected chi connectivity index (χ1v) is 4.06. The van der Waals surface area contributed by atoms with E-state index >= 15 is 0 Å². The van der Waals surface area contributed by atoms with Crippen molar-refractivity contribution in [1.82, 2.24) is 4.57 Å². The summed E-state index contributed by atoms with van der Waals surface area (Å²) in [5.74, 6) is -1.22. The summed E-state index contributed by atoms with van der Waals surface area (Å²) in [5.41, 5.74) is 5.81. The van der Waals surface area contributed by atoms with E-state index in [4.69, 9.17) is 5.73 Å². The SMILES string of the molecule is Nc1ccn(-c2c(F)cccc2F)c1. The lowest BCUT2D eigenvalue weighted by Gasteiger charge is -2.04. The average Bonchev–Trinajstić information content (AvgIpc) is 2.51. The number of hydrogen-bond donors (Lipinski definition) is 1. The molecule has 1 aromatic carbocycles. The van der Waals surface area contributed by atoms with Gasteiger partial charge in [0, 0.05) is 18.1 Å². The molecule has 2 nitrogen and oxygen atoms in total. The standard InChI is InChI=1S/C10H8F2N2/c11-8-2-1-3-9(12)10(8)14-5-4-7(13)6-14/h1-6H,13H2. The smallest absolute Gasteiger partial charge is 0.150 e. The molecule has 0 spiro atoms. The lowest BCUT2D eigenvalue weighted by Crippen LogP contribution is -1.98. The van der Waals surface area contributed by atoms with E-state index in [1.165, 1.54) is 35.2 Å². The summed E-state index contributed by atoms with van der Waals surface area (Å²) >= 11 is 0. The van der Waals surface area contributed by atoms with Gasteiger partial charge in [0.2, 0.25) is 0 Å². The van der Waals surface area contributed by atoms with Gasteiger partial charge in [0.25, 0.3) is 0 Å². The van der Waals surface area contributed by atoms with Crippen LogP contribution in [0.25, 0.3) is 5.69 Å². The van der Waals surface area contributed by atoms with E-state index in [9.17, 15) is 8.78 Å². The zero-order valence-corrected chi connectivity index (χ0v) is 7.24. The Hall–Kier alpha value is -1.84. The minimum atomic E-state index is -0.611. The molecule has 0 aliphatic carbocycles. The van der Waals surface area contributed by atoms with Gasteiger partial charge < -0.3 is 10.3 Å². The van der Waals surface area contributed by atoms with Crippen molar-refractivity contribution in [2.75, 3.05) is 5.73 Å². The number of para-hydroxylation sites is 1. The maximum atomic E-state index is 13.2. The summed E-state index contributed by atoms with van der Waals surface area (Å²) in [6.45, 7) is 0. The summed E-state index contributed by atoms with van der Waals surface area (Å²) in [5, 5.41) is 0. The van der Waals surface area contributed by atoms with Gasteiger partial charge in [0.05, 0.1) is 0 Å². The molecule has 1 heterocycles. The van der Waals surface area contributed by atoms with Gasteiger partial charge in [-0.2, -0.15) is 0 Å². The third-order valence-corrected chi connectivity index (χ3v) is 1.91. The van der Waals surface area contributed by atoms with Crippen LogP contribution in [0.5, 0.6) is 0 Å². The summed E-state index contributed by atoms with van der Waals surface area (Å²) in [6, 6.07) is 5.30. The molecule has 0 saturated heterocycles. The molecule has 0 radical (unpaired) electrons. The molecular formula is C10H8F2N2. The van der Waals surface area contributed by atoms with Gasteiger partial charge >= 0.3 is 0 Å². The number of aromatic nitrogens is 1. The van der Waals surface area contributed by atoms with E-state index < -0.39 is 11.6 Å². The second-order valence-corrected chi connectivity index (χ2v) is 2.92. The van der Waals surface area contributed by atoms with Crippen molar-refractivity contribution in [2.24, 2.45) is 0 Å². The van der Waals surface area contributed by atoms with Gasteiger partial charge in [-0.25, -0.2) is 8.78 Å². The highest BCUT2D eigenvalue weighted by atomic mass is 19.1. The average molecular weight is 194 g/mol. The molecule has 0 unspecified atom stereocenters. The van der Waals surface area contributed by atoms with Gasteiger partial charge in [-0.05, 0) is 18.2 Å². The Balaban J connectivity index is 2.61. The molecule has 0 saturated carbocycles. The highest BCUT2D eigenvalue weighted by Gasteiger charge is 2.09. The Labute approximate surface area is 79.6 Å². The summed E-state index contributed by atoms with van der Waals surface area (Å²) < 4.78 is 27.8. The van der Waals surface area contributed by atoms with Crippen molar-refractivity contribution in [1.29, 1.82) is 0 Å². The van der Waals surface area contributed by atoms with E-state index in [-0.39, 0.29) is 5.69 Å². The minimum absolute atomic E-state index is 0.107. The molecule has 2 rings (SSSR count). The molecule has 72 valence electrons. The predicted octanol–water partition coefficient (Wildman–Crippen LogP) is 2.34. The van der Waals surface area contributed by atoms with E-state index in [1.54, 1.807) is 6.07 Å². The fourth-order valence-corrected chi connectivity index (χ4v) is 1.29. The second kappa shape index (κ2) is 3.14. The van der Waals surface area contributed by atoms with Gasteiger partial charge in [-0.3, -0.25) is 0 Å². The van der Waals surface area contributed by atoms with Gasteiger partial charge in [-0.1, -0.05) is 6.07 Å². The van der Waals surface area contributed by atoms with Crippen molar-refractivity contribution < 1.29 is 8.78 Å². The monoisotopic (exact) mass is 194 g/mol. The van der Waals surface area contributed by atoms with Crippen LogP contribution < -0.4 is 5.73 Å².